The van der Waals surface area contributed by atoms with E-state index in [1.54, 1.807) is 36.5 Å². The normalized spacial score (nSPS) is 13.9. The average Bonchev–Trinajstić information content (AvgIpc) is 2.88. The minimum absolute atomic E-state index is 0.314. The van der Waals surface area contributed by atoms with E-state index in [0.717, 1.165) is 43.4 Å². The Hall–Kier alpha value is -4.07. The van der Waals surface area contributed by atoms with Gasteiger partial charge in [-0.15, -0.1) is 0 Å². The molecule has 2 aromatic heterocycles. The van der Waals surface area contributed by atoms with Crippen LogP contribution in [0.3, 0.4) is 0 Å². The number of esters is 1. The molecule has 1 aliphatic rings. The van der Waals surface area contributed by atoms with Gasteiger partial charge in [0.15, 0.2) is 5.82 Å². The van der Waals surface area contributed by atoms with E-state index in [4.69, 9.17) is 14.7 Å². The van der Waals surface area contributed by atoms with Crippen LogP contribution in [0.2, 0.25) is 0 Å². The fraction of sp³-hybridized carbons (Fsp3) is 0.200. The molecule has 33 heavy (non-hydrogen) atoms. The van der Waals surface area contributed by atoms with Crippen LogP contribution in [0.1, 0.15) is 10.4 Å². The summed E-state index contributed by atoms with van der Waals surface area (Å²) in [6, 6.07) is 17.2. The van der Waals surface area contributed by atoms with Gasteiger partial charge < -0.3 is 14.5 Å². The number of rotatable bonds is 4. The molecule has 8 heteroatoms. The molecule has 0 bridgehead atoms. The molecule has 0 N–H and O–H groups in total. The molecule has 0 spiro atoms. The number of anilines is 2. The number of pyridine rings is 1. The van der Waals surface area contributed by atoms with E-state index in [-0.39, 0.29) is 5.82 Å². The fourth-order valence-electron chi connectivity index (χ4n) is 4.00. The number of hydrogen-bond donors (Lipinski definition) is 0. The van der Waals surface area contributed by atoms with E-state index < -0.39 is 5.97 Å². The molecular weight excluding hydrogens is 421 g/mol. The van der Waals surface area contributed by atoms with Crippen molar-refractivity contribution in [2.24, 2.45) is 0 Å². The van der Waals surface area contributed by atoms with Gasteiger partial charge in [-0.1, -0.05) is 6.07 Å². The smallest absolute Gasteiger partial charge is 0.337 e. The second-order valence-corrected chi connectivity index (χ2v) is 7.76. The molecule has 2 aromatic carbocycles. The molecule has 0 radical (unpaired) electrons. The first kappa shape index (κ1) is 20.8. The number of ether oxygens (including phenoxy) is 1. The Labute approximate surface area is 190 Å². The molecule has 1 saturated heterocycles. The second kappa shape index (κ2) is 8.82. The first-order valence-electron chi connectivity index (χ1n) is 10.7. The highest BCUT2D eigenvalue weighted by Gasteiger charge is 2.23. The number of aromatic nitrogens is 3. The van der Waals surface area contributed by atoms with Crippen LogP contribution in [-0.4, -0.2) is 54.2 Å². The lowest BCUT2D eigenvalue weighted by atomic mass is 10.1. The number of fused-ring (bicyclic) bond motifs is 1. The van der Waals surface area contributed by atoms with Gasteiger partial charge in [-0.05, 0) is 54.6 Å². The number of methoxy groups -OCH3 is 1. The molecule has 1 fully saturated rings. The molecule has 4 aromatic rings. The minimum Gasteiger partial charge on any atom is -0.465 e. The topological polar surface area (TPSA) is 71.5 Å². The van der Waals surface area contributed by atoms with E-state index in [9.17, 15) is 9.18 Å². The van der Waals surface area contributed by atoms with Gasteiger partial charge in [0.05, 0.1) is 23.7 Å². The summed E-state index contributed by atoms with van der Waals surface area (Å²) in [5.74, 6) is 0.944. The Balaban J connectivity index is 1.53. The zero-order valence-electron chi connectivity index (χ0n) is 18.1. The second-order valence-electron chi connectivity index (χ2n) is 7.76. The predicted molar refractivity (Wildman–Crippen MR) is 125 cm³/mol. The minimum atomic E-state index is -0.434. The highest BCUT2D eigenvalue weighted by Crippen LogP contribution is 2.31. The van der Waals surface area contributed by atoms with Crippen LogP contribution in [0, 0.1) is 5.82 Å². The summed E-state index contributed by atoms with van der Waals surface area (Å²) in [4.78, 5) is 30.6. The number of halogens is 1. The summed E-state index contributed by atoms with van der Waals surface area (Å²) in [7, 11) is 1.34. The number of carbonyl (C=O) groups excluding carboxylic acids is 1. The quantitative estimate of drug-likeness (QED) is 0.443. The zero-order chi connectivity index (χ0) is 22.8. The summed E-state index contributed by atoms with van der Waals surface area (Å²) in [5, 5.41) is 0. The van der Waals surface area contributed by atoms with Gasteiger partial charge in [-0.25, -0.2) is 24.1 Å². The lowest BCUT2D eigenvalue weighted by Crippen LogP contribution is -2.47. The van der Waals surface area contributed by atoms with Crippen molar-refractivity contribution < 1.29 is 13.9 Å². The maximum atomic E-state index is 13.6. The van der Waals surface area contributed by atoms with Gasteiger partial charge >= 0.3 is 5.97 Å². The molecule has 0 saturated carbocycles. The van der Waals surface area contributed by atoms with E-state index in [0.29, 0.717) is 22.3 Å². The highest BCUT2D eigenvalue weighted by atomic mass is 19.1. The standard InChI is InChI=1S/C25H22FN5O2/c1-33-25(32)18-7-10-20-21(16-18)28-23(17-5-8-19(26)9-6-17)24(29-20)31-14-12-30(13-15-31)22-4-2-3-11-27-22/h2-11,16H,12-15H2,1H3. The molecule has 166 valence electrons. The molecule has 0 aliphatic carbocycles. The van der Waals surface area contributed by atoms with Gasteiger partial charge in [0.1, 0.15) is 17.3 Å². The van der Waals surface area contributed by atoms with Crippen LogP contribution in [0.4, 0.5) is 16.0 Å². The number of hydrogen-bond acceptors (Lipinski definition) is 7. The van der Waals surface area contributed by atoms with Crippen molar-refractivity contribution >= 4 is 28.6 Å². The lowest BCUT2D eigenvalue weighted by molar-refractivity contribution is 0.0601. The Morgan fingerprint density at radius 3 is 2.36 bits per heavy atom. The van der Waals surface area contributed by atoms with Gasteiger partial charge in [-0.2, -0.15) is 0 Å². The third-order valence-corrected chi connectivity index (χ3v) is 5.74. The summed E-state index contributed by atoms with van der Waals surface area (Å²) < 4.78 is 18.4. The van der Waals surface area contributed by atoms with Crippen LogP contribution < -0.4 is 9.80 Å². The van der Waals surface area contributed by atoms with Crippen molar-refractivity contribution in [3.05, 3.63) is 78.2 Å². The summed E-state index contributed by atoms with van der Waals surface area (Å²) in [6.07, 6.45) is 1.80. The van der Waals surface area contributed by atoms with Crippen LogP contribution in [0.25, 0.3) is 22.3 Å². The van der Waals surface area contributed by atoms with Crippen molar-refractivity contribution in [3.8, 4) is 11.3 Å². The summed E-state index contributed by atoms with van der Waals surface area (Å²) >= 11 is 0. The zero-order valence-corrected chi connectivity index (χ0v) is 18.1. The number of piperazine rings is 1. The first-order valence-corrected chi connectivity index (χ1v) is 10.7. The van der Waals surface area contributed by atoms with Crippen molar-refractivity contribution in [2.45, 2.75) is 0 Å². The van der Waals surface area contributed by atoms with E-state index >= 15 is 0 Å². The Morgan fingerprint density at radius 2 is 1.67 bits per heavy atom. The monoisotopic (exact) mass is 443 g/mol. The summed E-state index contributed by atoms with van der Waals surface area (Å²) in [6.45, 7) is 3.07. The van der Waals surface area contributed by atoms with Crippen LogP contribution in [0.15, 0.2) is 66.9 Å². The van der Waals surface area contributed by atoms with Gasteiger partial charge in [0.25, 0.3) is 0 Å². The molecule has 0 atom stereocenters. The van der Waals surface area contributed by atoms with E-state index in [1.807, 2.05) is 18.2 Å². The van der Waals surface area contributed by atoms with E-state index in [2.05, 4.69) is 14.8 Å². The maximum Gasteiger partial charge on any atom is 0.337 e. The van der Waals surface area contributed by atoms with Crippen molar-refractivity contribution in [2.75, 3.05) is 43.1 Å². The molecule has 7 nitrogen and oxygen atoms in total. The van der Waals surface area contributed by atoms with Gasteiger partial charge in [0.2, 0.25) is 0 Å². The number of benzene rings is 2. The number of carbonyl (C=O) groups is 1. The molecule has 0 amide bonds. The molecule has 1 aliphatic heterocycles. The largest absolute Gasteiger partial charge is 0.465 e. The van der Waals surface area contributed by atoms with Crippen molar-refractivity contribution in [3.63, 3.8) is 0 Å². The van der Waals surface area contributed by atoms with Crippen LogP contribution in [-0.2, 0) is 4.74 Å². The van der Waals surface area contributed by atoms with Crippen molar-refractivity contribution in [1.82, 2.24) is 15.0 Å². The van der Waals surface area contributed by atoms with Gasteiger partial charge in [-0.3, -0.25) is 0 Å². The highest BCUT2D eigenvalue weighted by molar-refractivity contribution is 5.94. The van der Waals surface area contributed by atoms with Crippen LogP contribution >= 0.6 is 0 Å². The Morgan fingerprint density at radius 1 is 0.909 bits per heavy atom. The van der Waals surface area contributed by atoms with Crippen molar-refractivity contribution in [1.29, 1.82) is 0 Å². The average molecular weight is 443 g/mol. The molecule has 5 rings (SSSR count). The summed E-state index contributed by atoms with van der Waals surface area (Å²) in [5.41, 5.74) is 3.07. The van der Waals surface area contributed by atoms with Gasteiger partial charge in [0, 0.05) is 37.9 Å². The lowest BCUT2D eigenvalue weighted by Gasteiger charge is -2.36. The third-order valence-electron chi connectivity index (χ3n) is 5.74. The SMILES string of the molecule is COC(=O)c1ccc2nc(N3CCN(c4ccccn4)CC3)c(-c3ccc(F)cc3)nc2c1. The predicted octanol–water partition coefficient (Wildman–Crippen LogP) is 3.94. The third kappa shape index (κ3) is 4.19. The number of nitrogens with zero attached hydrogens (tertiary/aromatic N) is 5. The Bertz CT molecular complexity index is 1290. The Kier molecular flexibility index (Phi) is 5.56. The maximum absolute atomic E-state index is 13.6. The molecule has 0 unspecified atom stereocenters. The first-order chi connectivity index (χ1) is 16.1. The molecular formula is C25H22FN5O2. The van der Waals surface area contributed by atoms with E-state index in [1.165, 1.54) is 19.2 Å². The van der Waals surface area contributed by atoms with Crippen LogP contribution in [0.5, 0.6) is 0 Å². The fourth-order valence-corrected chi connectivity index (χ4v) is 4.00. The molecule has 3 heterocycles.